The zero-order chi connectivity index (χ0) is 20.5. The summed E-state index contributed by atoms with van der Waals surface area (Å²) in [6, 6.07) is 12.8. The van der Waals surface area contributed by atoms with Gasteiger partial charge in [0.15, 0.2) is 6.10 Å². The van der Waals surface area contributed by atoms with Crippen molar-refractivity contribution in [2.24, 2.45) is 0 Å². The van der Waals surface area contributed by atoms with Gasteiger partial charge in [-0.25, -0.2) is 17.9 Å². The second kappa shape index (κ2) is 7.57. The second-order valence-electron chi connectivity index (χ2n) is 6.32. The number of aromatic amines is 1. The summed E-state index contributed by atoms with van der Waals surface area (Å²) < 4.78 is 31.3. The molecule has 0 aliphatic heterocycles. The van der Waals surface area contributed by atoms with Crippen molar-refractivity contribution in [3.8, 4) is 0 Å². The van der Waals surface area contributed by atoms with Gasteiger partial charge in [-0.05, 0) is 45.2 Å². The highest BCUT2D eigenvalue weighted by molar-refractivity contribution is 7.89. The van der Waals surface area contributed by atoms with E-state index in [9.17, 15) is 18.0 Å². The number of carbonyl (C=O) groups excluding carboxylic acids is 2. The minimum atomic E-state index is -3.69. The summed E-state index contributed by atoms with van der Waals surface area (Å²) >= 11 is 0. The molecule has 1 atom stereocenters. The lowest BCUT2D eigenvalue weighted by molar-refractivity contribution is 0.0319. The van der Waals surface area contributed by atoms with Crippen LogP contribution in [0.1, 0.15) is 33.3 Å². The lowest BCUT2D eigenvalue weighted by Gasteiger charge is -2.13. The Labute approximate surface area is 162 Å². The summed E-state index contributed by atoms with van der Waals surface area (Å²) in [6.45, 7) is 3.28. The fourth-order valence-electron chi connectivity index (χ4n) is 2.99. The molecule has 0 saturated carbocycles. The molecule has 1 aromatic heterocycles. The van der Waals surface area contributed by atoms with E-state index in [1.165, 1.54) is 38.2 Å². The number of ether oxygens (including phenoxy) is 1. The van der Waals surface area contributed by atoms with Crippen LogP contribution in [0.25, 0.3) is 10.9 Å². The number of rotatable bonds is 6. The molecule has 0 amide bonds. The van der Waals surface area contributed by atoms with Crippen LogP contribution in [-0.4, -0.2) is 38.3 Å². The SMILES string of the molecule is CNS(=O)(=O)c1cccc(C(=O)O[C@@H](C)C(=O)c2c(C)[nH]c3ccccc23)c1. The first kappa shape index (κ1) is 19.8. The van der Waals surface area contributed by atoms with Gasteiger partial charge in [0.2, 0.25) is 15.8 Å². The van der Waals surface area contributed by atoms with E-state index in [2.05, 4.69) is 9.71 Å². The fourth-order valence-corrected chi connectivity index (χ4v) is 3.76. The van der Waals surface area contributed by atoms with Crippen LogP contribution in [0.5, 0.6) is 0 Å². The van der Waals surface area contributed by atoms with E-state index in [0.717, 1.165) is 10.9 Å². The van der Waals surface area contributed by atoms with Crippen LogP contribution >= 0.6 is 0 Å². The van der Waals surface area contributed by atoms with Crippen molar-refractivity contribution >= 4 is 32.7 Å². The van der Waals surface area contributed by atoms with Gasteiger partial charge in [0.25, 0.3) is 0 Å². The molecule has 0 fully saturated rings. The number of nitrogens with one attached hydrogen (secondary N) is 2. The van der Waals surface area contributed by atoms with Gasteiger partial charge in [-0.15, -0.1) is 0 Å². The first-order chi connectivity index (χ1) is 13.2. The Morgan fingerprint density at radius 2 is 1.82 bits per heavy atom. The minimum absolute atomic E-state index is 0.0478. The molecule has 3 rings (SSSR count). The van der Waals surface area contributed by atoms with Crippen LogP contribution < -0.4 is 4.72 Å². The predicted octanol–water partition coefficient (Wildman–Crippen LogP) is 2.81. The number of aryl methyl sites for hydroxylation is 1. The molecule has 1 heterocycles. The number of fused-ring (bicyclic) bond motifs is 1. The van der Waals surface area contributed by atoms with E-state index in [-0.39, 0.29) is 16.2 Å². The van der Waals surface area contributed by atoms with Crippen LogP contribution in [0.3, 0.4) is 0 Å². The molecule has 0 saturated heterocycles. The number of aromatic nitrogens is 1. The average molecular weight is 400 g/mol. The van der Waals surface area contributed by atoms with Gasteiger partial charge in [0.05, 0.1) is 10.5 Å². The third-order valence-electron chi connectivity index (χ3n) is 4.44. The normalized spacial score (nSPS) is 12.7. The fraction of sp³-hybridized carbons (Fsp3) is 0.200. The molecule has 0 unspecified atom stereocenters. The molecule has 0 aliphatic carbocycles. The van der Waals surface area contributed by atoms with Crippen LogP contribution in [0.4, 0.5) is 0 Å². The Balaban J connectivity index is 1.84. The maximum Gasteiger partial charge on any atom is 0.338 e. The molecular weight excluding hydrogens is 380 g/mol. The standard InChI is InChI=1S/C20H20N2O5S/c1-12-18(16-9-4-5-10-17(16)22-12)19(23)13(2)27-20(24)14-7-6-8-15(11-14)28(25,26)21-3/h4-11,13,21-22H,1-3H3/t13-/m0/s1. The molecule has 0 bridgehead atoms. The number of para-hydroxylation sites is 1. The maximum atomic E-state index is 12.9. The highest BCUT2D eigenvalue weighted by Crippen LogP contribution is 2.24. The summed E-state index contributed by atoms with van der Waals surface area (Å²) in [7, 11) is -2.41. The van der Waals surface area contributed by atoms with E-state index < -0.39 is 22.1 Å². The number of hydrogen-bond acceptors (Lipinski definition) is 5. The maximum absolute atomic E-state index is 12.9. The monoisotopic (exact) mass is 400 g/mol. The topological polar surface area (TPSA) is 105 Å². The van der Waals surface area contributed by atoms with Gasteiger partial charge in [-0.1, -0.05) is 24.3 Å². The Hall–Kier alpha value is -2.97. The Kier molecular flexibility index (Phi) is 5.35. The van der Waals surface area contributed by atoms with E-state index in [0.29, 0.717) is 11.3 Å². The second-order valence-corrected chi connectivity index (χ2v) is 8.20. The zero-order valence-electron chi connectivity index (χ0n) is 15.6. The molecular formula is C20H20N2O5S. The number of Topliss-reactive ketones (excluding diaryl/α,β-unsaturated/α-hetero) is 1. The lowest BCUT2D eigenvalue weighted by Crippen LogP contribution is -2.25. The molecule has 0 radical (unpaired) electrons. The average Bonchev–Trinajstić information content (AvgIpc) is 3.03. The molecule has 0 spiro atoms. The quantitative estimate of drug-likeness (QED) is 0.489. The molecule has 2 aromatic carbocycles. The summed E-state index contributed by atoms with van der Waals surface area (Å²) in [5, 5.41) is 0.759. The third-order valence-corrected chi connectivity index (χ3v) is 5.85. The van der Waals surface area contributed by atoms with Crippen molar-refractivity contribution in [2.75, 3.05) is 7.05 Å². The van der Waals surface area contributed by atoms with Crippen LogP contribution in [-0.2, 0) is 14.8 Å². The van der Waals surface area contributed by atoms with Gasteiger partial charge in [-0.3, -0.25) is 4.79 Å². The molecule has 8 heteroatoms. The van der Waals surface area contributed by atoms with Crippen LogP contribution in [0.2, 0.25) is 0 Å². The van der Waals surface area contributed by atoms with E-state index in [1.807, 2.05) is 24.3 Å². The molecule has 3 aromatic rings. The van der Waals surface area contributed by atoms with Crippen molar-refractivity contribution in [3.63, 3.8) is 0 Å². The predicted molar refractivity (Wildman–Crippen MR) is 105 cm³/mol. The first-order valence-corrected chi connectivity index (χ1v) is 10.1. The number of carbonyl (C=O) groups is 2. The van der Waals surface area contributed by atoms with Gasteiger partial charge in [-0.2, -0.15) is 0 Å². The number of sulfonamides is 1. The van der Waals surface area contributed by atoms with E-state index >= 15 is 0 Å². The van der Waals surface area contributed by atoms with Crippen molar-refractivity contribution < 1.29 is 22.7 Å². The van der Waals surface area contributed by atoms with Crippen molar-refractivity contribution in [2.45, 2.75) is 24.8 Å². The number of H-pyrrole nitrogens is 1. The van der Waals surface area contributed by atoms with Crippen LogP contribution in [0.15, 0.2) is 53.4 Å². The number of esters is 1. The summed E-state index contributed by atoms with van der Waals surface area (Å²) in [5.74, 6) is -1.10. The number of hydrogen-bond donors (Lipinski definition) is 2. The highest BCUT2D eigenvalue weighted by atomic mass is 32.2. The Morgan fingerprint density at radius 1 is 1.11 bits per heavy atom. The highest BCUT2D eigenvalue weighted by Gasteiger charge is 2.25. The molecule has 7 nitrogen and oxygen atoms in total. The lowest BCUT2D eigenvalue weighted by atomic mass is 10.0. The number of benzene rings is 2. The molecule has 2 N–H and O–H groups in total. The molecule has 28 heavy (non-hydrogen) atoms. The summed E-state index contributed by atoms with van der Waals surface area (Å²) in [5.41, 5.74) is 2.04. The molecule has 0 aliphatic rings. The van der Waals surface area contributed by atoms with Crippen molar-refractivity contribution in [1.82, 2.24) is 9.71 Å². The van der Waals surface area contributed by atoms with Gasteiger partial charge in [0, 0.05) is 22.2 Å². The molecule has 146 valence electrons. The summed E-state index contributed by atoms with van der Waals surface area (Å²) in [4.78, 5) is 28.4. The zero-order valence-corrected chi connectivity index (χ0v) is 16.5. The van der Waals surface area contributed by atoms with Gasteiger partial charge < -0.3 is 9.72 Å². The van der Waals surface area contributed by atoms with Crippen LogP contribution in [0, 0.1) is 6.92 Å². The first-order valence-electron chi connectivity index (χ1n) is 8.60. The van der Waals surface area contributed by atoms with E-state index in [1.54, 1.807) is 6.92 Å². The Morgan fingerprint density at radius 3 is 2.54 bits per heavy atom. The van der Waals surface area contributed by atoms with Crippen molar-refractivity contribution in [3.05, 3.63) is 65.4 Å². The smallest absolute Gasteiger partial charge is 0.338 e. The number of ketones is 1. The Bertz CT molecular complexity index is 1160. The summed E-state index contributed by atoms with van der Waals surface area (Å²) in [6.07, 6.45) is -1.03. The third kappa shape index (κ3) is 3.69. The minimum Gasteiger partial charge on any atom is -0.451 e. The van der Waals surface area contributed by atoms with Gasteiger partial charge >= 0.3 is 5.97 Å². The largest absolute Gasteiger partial charge is 0.451 e. The van der Waals surface area contributed by atoms with E-state index in [4.69, 9.17) is 4.74 Å². The van der Waals surface area contributed by atoms with Crippen molar-refractivity contribution in [1.29, 1.82) is 0 Å². The van der Waals surface area contributed by atoms with Gasteiger partial charge in [0.1, 0.15) is 0 Å².